The molecule has 5 heteroatoms. The van der Waals surface area contributed by atoms with E-state index < -0.39 is 0 Å². The number of nitrogens with one attached hydrogen (secondary N) is 1. The van der Waals surface area contributed by atoms with Gasteiger partial charge in [-0.2, -0.15) is 0 Å². The van der Waals surface area contributed by atoms with Gasteiger partial charge in [-0.1, -0.05) is 32.0 Å². The number of benzene rings is 1. The predicted octanol–water partition coefficient (Wildman–Crippen LogP) is 2.93. The molecule has 0 bridgehead atoms. The lowest BCUT2D eigenvalue weighted by Gasteiger charge is -2.11. The van der Waals surface area contributed by atoms with Crippen molar-refractivity contribution in [2.75, 3.05) is 6.54 Å². The Hall–Kier alpha value is -1.88. The average Bonchev–Trinajstić information content (AvgIpc) is 3.11. The SMILES string of the molecule is CC(C)c1nc(CC(=O)NC[C@H]2Cc3ccccc3O2)cs1. The van der Waals surface area contributed by atoms with Crippen molar-refractivity contribution in [3.8, 4) is 5.75 Å². The molecule has 1 atom stereocenters. The predicted molar refractivity (Wildman–Crippen MR) is 87.5 cm³/mol. The number of carbonyl (C=O) groups is 1. The minimum absolute atomic E-state index is 0.000150. The van der Waals surface area contributed by atoms with Crippen LogP contribution < -0.4 is 10.1 Å². The Labute approximate surface area is 134 Å². The van der Waals surface area contributed by atoms with Crippen LogP contribution in [0.5, 0.6) is 5.75 Å². The van der Waals surface area contributed by atoms with Crippen LogP contribution in [-0.4, -0.2) is 23.5 Å². The topological polar surface area (TPSA) is 51.2 Å². The summed E-state index contributed by atoms with van der Waals surface area (Å²) in [5.41, 5.74) is 2.06. The maximum atomic E-state index is 12.0. The minimum Gasteiger partial charge on any atom is -0.488 e. The first-order valence-electron chi connectivity index (χ1n) is 7.57. The number of hydrogen-bond donors (Lipinski definition) is 1. The summed E-state index contributed by atoms with van der Waals surface area (Å²) in [5, 5.41) is 6.00. The number of thiazole rings is 1. The molecule has 1 aromatic carbocycles. The van der Waals surface area contributed by atoms with E-state index in [9.17, 15) is 4.79 Å². The average molecular weight is 316 g/mol. The van der Waals surface area contributed by atoms with Crippen LogP contribution in [0, 0.1) is 0 Å². The highest BCUT2D eigenvalue weighted by Gasteiger charge is 2.22. The van der Waals surface area contributed by atoms with Gasteiger partial charge < -0.3 is 10.1 Å². The lowest BCUT2D eigenvalue weighted by molar-refractivity contribution is -0.120. The summed E-state index contributed by atoms with van der Waals surface area (Å²) in [6.07, 6.45) is 1.22. The van der Waals surface area contributed by atoms with E-state index in [1.807, 2.05) is 23.6 Å². The lowest BCUT2D eigenvalue weighted by atomic mass is 10.1. The van der Waals surface area contributed by atoms with Crippen molar-refractivity contribution in [2.24, 2.45) is 0 Å². The van der Waals surface area contributed by atoms with Crippen LogP contribution in [0.3, 0.4) is 0 Å². The van der Waals surface area contributed by atoms with Gasteiger partial charge in [-0.15, -0.1) is 11.3 Å². The smallest absolute Gasteiger partial charge is 0.226 e. The van der Waals surface area contributed by atoms with Crippen LogP contribution in [0.1, 0.15) is 36.0 Å². The Morgan fingerprint density at radius 3 is 3.00 bits per heavy atom. The van der Waals surface area contributed by atoms with E-state index in [0.29, 0.717) is 18.9 Å². The Morgan fingerprint density at radius 2 is 2.27 bits per heavy atom. The number of amides is 1. The maximum Gasteiger partial charge on any atom is 0.226 e. The highest BCUT2D eigenvalue weighted by molar-refractivity contribution is 7.09. The molecule has 22 heavy (non-hydrogen) atoms. The highest BCUT2D eigenvalue weighted by atomic mass is 32.1. The second-order valence-corrected chi connectivity index (χ2v) is 6.75. The summed E-state index contributed by atoms with van der Waals surface area (Å²) in [7, 11) is 0. The van der Waals surface area contributed by atoms with Crippen LogP contribution in [0.15, 0.2) is 29.6 Å². The van der Waals surface area contributed by atoms with Gasteiger partial charge in [-0.05, 0) is 11.6 Å². The van der Waals surface area contributed by atoms with E-state index >= 15 is 0 Å². The van der Waals surface area contributed by atoms with E-state index in [-0.39, 0.29) is 12.0 Å². The molecule has 4 nitrogen and oxygen atoms in total. The van der Waals surface area contributed by atoms with Crippen LogP contribution in [0.4, 0.5) is 0 Å². The second kappa shape index (κ2) is 6.48. The van der Waals surface area contributed by atoms with Gasteiger partial charge >= 0.3 is 0 Å². The Balaban J connectivity index is 1.47. The standard InChI is InChI=1S/C17H20N2O2S/c1-11(2)17-19-13(10-22-17)8-16(20)18-9-14-7-12-5-3-4-6-15(12)21-14/h3-6,10-11,14H,7-9H2,1-2H3,(H,18,20)/t14-/m1/s1. The first-order chi connectivity index (χ1) is 10.6. The number of fused-ring (bicyclic) bond motifs is 1. The first kappa shape index (κ1) is 15.0. The normalized spacial score (nSPS) is 16.4. The maximum absolute atomic E-state index is 12.0. The van der Waals surface area contributed by atoms with Crippen LogP contribution in [-0.2, 0) is 17.6 Å². The molecule has 0 spiro atoms. The number of carbonyl (C=O) groups excluding carboxylic acids is 1. The van der Waals surface area contributed by atoms with Gasteiger partial charge in [0.05, 0.1) is 23.7 Å². The highest BCUT2D eigenvalue weighted by Crippen LogP contribution is 2.27. The molecule has 0 unspecified atom stereocenters. The first-order valence-corrected chi connectivity index (χ1v) is 8.45. The van der Waals surface area contributed by atoms with Crippen LogP contribution in [0.2, 0.25) is 0 Å². The van der Waals surface area contributed by atoms with Crippen molar-refractivity contribution in [1.29, 1.82) is 0 Å². The summed E-state index contributed by atoms with van der Waals surface area (Å²) < 4.78 is 5.81. The van der Waals surface area contributed by atoms with Crippen molar-refractivity contribution < 1.29 is 9.53 Å². The minimum atomic E-state index is 0.000150. The number of aromatic nitrogens is 1. The number of ether oxygens (including phenoxy) is 1. The molecule has 116 valence electrons. The fourth-order valence-electron chi connectivity index (χ4n) is 2.49. The fourth-order valence-corrected chi connectivity index (χ4v) is 3.33. The fraction of sp³-hybridized carbons (Fsp3) is 0.412. The second-order valence-electron chi connectivity index (χ2n) is 5.86. The largest absolute Gasteiger partial charge is 0.488 e. The molecule has 0 saturated carbocycles. The van der Waals surface area contributed by atoms with Gasteiger partial charge in [-0.3, -0.25) is 4.79 Å². The van der Waals surface area contributed by atoms with Gasteiger partial charge in [-0.25, -0.2) is 4.98 Å². The van der Waals surface area contributed by atoms with Gasteiger partial charge in [0.2, 0.25) is 5.91 Å². The molecular weight excluding hydrogens is 296 g/mol. The molecule has 0 aliphatic carbocycles. The van der Waals surface area contributed by atoms with Crippen molar-refractivity contribution in [2.45, 2.75) is 38.7 Å². The monoisotopic (exact) mass is 316 g/mol. The number of para-hydroxylation sites is 1. The molecule has 1 aromatic heterocycles. The van der Waals surface area contributed by atoms with Crippen LogP contribution in [0.25, 0.3) is 0 Å². The van der Waals surface area contributed by atoms with Gasteiger partial charge in [0, 0.05) is 17.7 Å². The Morgan fingerprint density at radius 1 is 1.45 bits per heavy atom. The molecular formula is C17H20N2O2S. The van der Waals surface area contributed by atoms with E-state index in [2.05, 4.69) is 30.2 Å². The summed E-state index contributed by atoms with van der Waals surface area (Å²) in [4.78, 5) is 16.5. The zero-order chi connectivity index (χ0) is 15.5. The zero-order valence-electron chi connectivity index (χ0n) is 12.8. The summed E-state index contributed by atoms with van der Waals surface area (Å²) in [6, 6.07) is 8.02. The van der Waals surface area contributed by atoms with Gasteiger partial charge in [0.15, 0.2) is 0 Å². The summed E-state index contributed by atoms with van der Waals surface area (Å²) in [5.74, 6) is 1.34. The van der Waals surface area contributed by atoms with Crippen molar-refractivity contribution in [3.05, 3.63) is 45.9 Å². The molecule has 2 heterocycles. The molecule has 2 aromatic rings. The van der Waals surface area contributed by atoms with Crippen molar-refractivity contribution in [3.63, 3.8) is 0 Å². The molecule has 1 aliphatic heterocycles. The van der Waals surface area contributed by atoms with Crippen LogP contribution >= 0.6 is 11.3 Å². The molecule has 0 saturated heterocycles. The van der Waals surface area contributed by atoms with Crippen molar-refractivity contribution in [1.82, 2.24) is 10.3 Å². The molecule has 1 N–H and O–H groups in total. The molecule has 1 aliphatic rings. The number of rotatable bonds is 5. The third kappa shape index (κ3) is 3.47. The van der Waals surface area contributed by atoms with Gasteiger partial charge in [0.25, 0.3) is 0 Å². The van der Waals surface area contributed by atoms with E-state index in [1.165, 1.54) is 5.56 Å². The third-order valence-corrected chi connectivity index (χ3v) is 4.84. The molecule has 1 amide bonds. The zero-order valence-corrected chi connectivity index (χ0v) is 13.7. The number of nitrogens with zero attached hydrogens (tertiary/aromatic N) is 1. The van der Waals surface area contributed by atoms with E-state index in [1.54, 1.807) is 11.3 Å². The van der Waals surface area contributed by atoms with E-state index in [4.69, 9.17) is 4.74 Å². The van der Waals surface area contributed by atoms with Crippen molar-refractivity contribution >= 4 is 17.2 Å². The lowest BCUT2D eigenvalue weighted by Crippen LogP contribution is -2.35. The summed E-state index contributed by atoms with van der Waals surface area (Å²) in [6.45, 7) is 4.75. The molecule has 3 rings (SSSR count). The third-order valence-electron chi connectivity index (χ3n) is 3.65. The Bertz CT molecular complexity index is 641. The molecule has 0 fully saturated rings. The molecule has 0 radical (unpaired) electrons. The quantitative estimate of drug-likeness (QED) is 0.923. The Kier molecular flexibility index (Phi) is 4.43. The van der Waals surface area contributed by atoms with E-state index in [0.717, 1.165) is 22.9 Å². The van der Waals surface area contributed by atoms with Gasteiger partial charge in [0.1, 0.15) is 11.9 Å². The number of hydrogen-bond acceptors (Lipinski definition) is 4. The summed E-state index contributed by atoms with van der Waals surface area (Å²) >= 11 is 1.62.